The largest absolute Gasteiger partial charge is 0.462 e. The molecule has 1 spiro atoms. The topological polar surface area (TPSA) is 63.6 Å². The Morgan fingerprint density at radius 1 is 1.15 bits per heavy atom. The van der Waals surface area contributed by atoms with E-state index in [-0.39, 0.29) is 51.9 Å². The lowest BCUT2D eigenvalue weighted by Gasteiger charge is -2.66. The zero-order chi connectivity index (χ0) is 19.1. The smallest absolute Gasteiger partial charge is 0.302 e. The van der Waals surface area contributed by atoms with Crippen molar-refractivity contribution in [1.29, 1.82) is 0 Å². The van der Waals surface area contributed by atoms with Crippen LogP contribution in [0, 0.1) is 39.9 Å². The number of fused-ring (bicyclic) bond motifs is 3. The molecule has 8 atom stereocenters. The van der Waals surface area contributed by atoms with Crippen LogP contribution < -0.4 is 0 Å². The van der Waals surface area contributed by atoms with E-state index in [4.69, 9.17) is 4.74 Å². The average Bonchev–Trinajstić information content (AvgIpc) is 2.68. The number of aliphatic hydroxyl groups excluding tert-OH is 1. The molecule has 0 aromatic carbocycles. The van der Waals surface area contributed by atoms with E-state index in [9.17, 15) is 14.7 Å². The minimum atomic E-state index is -0.524. The summed E-state index contributed by atoms with van der Waals surface area (Å²) in [7, 11) is 0. The van der Waals surface area contributed by atoms with Gasteiger partial charge in [-0.1, -0.05) is 27.7 Å². The minimum absolute atomic E-state index is 0.112. The summed E-state index contributed by atoms with van der Waals surface area (Å²) in [6.45, 7) is 10.6. The first-order valence-electron chi connectivity index (χ1n) is 10.4. The molecule has 1 unspecified atom stereocenters. The lowest BCUT2D eigenvalue weighted by molar-refractivity contribution is -0.228. The maximum atomic E-state index is 13.0. The Balaban J connectivity index is 1.83. The molecule has 4 fully saturated rings. The molecule has 4 saturated carbocycles. The monoisotopic (exact) mass is 362 g/mol. The normalized spacial score (nSPS) is 52.2. The molecule has 0 amide bonds. The van der Waals surface area contributed by atoms with Gasteiger partial charge in [0, 0.05) is 30.1 Å². The second-order valence-corrected chi connectivity index (χ2v) is 10.7. The molecule has 4 heteroatoms. The predicted molar refractivity (Wildman–Crippen MR) is 98.2 cm³/mol. The molecule has 0 heterocycles. The Hall–Kier alpha value is -0.900. The Morgan fingerprint density at radius 3 is 2.50 bits per heavy atom. The van der Waals surface area contributed by atoms with Gasteiger partial charge in [-0.25, -0.2) is 0 Å². The fourth-order valence-electron chi connectivity index (χ4n) is 8.18. The van der Waals surface area contributed by atoms with Crippen molar-refractivity contribution in [3.63, 3.8) is 0 Å². The van der Waals surface area contributed by atoms with Crippen LogP contribution in [0.2, 0.25) is 0 Å². The maximum absolute atomic E-state index is 13.0. The van der Waals surface area contributed by atoms with Crippen molar-refractivity contribution >= 4 is 11.8 Å². The molecule has 4 rings (SSSR count). The van der Waals surface area contributed by atoms with E-state index in [1.165, 1.54) is 6.92 Å². The zero-order valence-electron chi connectivity index (χ0n) is 16.9. The van der Waals surface area contributed by atoms with Crippen molar-refractivity contribution in [2.24, 2.45) is 39.9 Å². The molecule has 0 saturated heterocycles. The van der Waals surface area contributed by atoms with Crippen LogP contribution >= 0.6 is 0 Å². The quantitative estimate of drug-likeness (QED) is 0.722. The number of ketones is 1. The first-order chi connectivity index (χ1) is 12.0. The SMILES string of the molecule is CC(=O)O[C@H]1CCC(C)(C)[C@H]2CC[C@]34C[C@@H](C)[C@H](C(=O)C[C@H]3[C@]12C)C4O. The summed E-state index contributed by atoms with van der Waals surface area (Å²) in [5.74, 6) is 0.601. The van der Waals surface area contributed by atoms with Crippen LogP contribution in [-0.2, 0) is 14.3 Å². The number of carbonyl (C=O) groups excluding carboxylic acids is 2. The molecule has 4 nitrogen and oxygen atoms in total. The molecular weight excluding hydrogens is 328 g/mol. The van der Waals surface area contributed by atoms with Gasteiger partial charge in [0.05, 0.1) is 6.10 Å². The van der Waals surface area contributed by atoms with Crippen molar-refractivity contribution in [2.45, 2.75) is 85.4 Å². The van der Waals surface area contributed by atoms with Crippen LogP contribution in [0.25, 0.3) is 0 Å². The van der Waals surface area contributed by atoms with Crippen LogP contribution in [0.1, 0.15) is 73.1 Å². The standard InChI is InChI=1S/C22H34O4/c1-12-11-22-9-6-15-20(3,4)8-7-17(26-13(2)23)21(15,5)16(22)10-14(24)18(12)19(22)25/h12,15-19,25H,6-11H2,1-5H3/t12-,15-,16+,17+,18-,19?,21-,22+/m1/s1. The molecule has 0 radical (unpaired) electrons. The molecule has 0 aliphatic heterocycles. The fourth-order valence-corrected chi connectivity index (χ4v) is 8.18. The molecule has 0 aromatic heterocycles. The molecule has 4 aliphatic carbocycles. The summed E-state index contributed by atoms with van der Waals surface area (Å²) < 4.78 is 5.87. The first kappa shape index (κ1) is 18.5. The summed E-state index contributed by atoms with van der Waals surface area (Å²) in [4.78, 5) is 24.8. The van der Waals surface area contributed by atoms with Crippen LogP contribution in [-0.4, -0.2) is 29.1 Å². The van der Waals surface area contributed by atoms with E-state index >= 15 is 0 Å². The number of Topliss-reactive ketones (excluding diaryl/α,β-unsaturated/α-hetero) is 1. The van der Waals surface area contributed by atoms with Crippen LogP contribution in [0.5, 0.6) is 0 Å². The van der Waals surface area contributed by atoms with E-state index in [1.54, 1.807) is 0 Å². The van der Waals surface area contributed by atoms with Gasteiger partial charge in [-0.15, -0.1) is 0 Å². The highest BCUT2D eigenvalue weighted by Crippen LogP contribution is 2.71. The first-order valence-corrected chi connectivity index (χ1v) is 10.4. The van der Waals surface area contributed by atoms with Crippen LogP contribution in [0.15, 0.2) is 0 Å². The molecule has 1 N–H and O–H groups in total. The number of carbonyl (C=O) groups is 2. The summed E-state index contributed by atoms with van der Waals surface area (Å²) in [6, 6.07) is 0. The average molecular weight is 363 g/mol. The van der Waals surface area contributed by atoms with Crippen molar-refractivity contribution in [3.8, 4) is 0 Å². The Bertz CT molecular complexity index is 640. The van der Waals surface area contributed by atoms with Gasteiger partial charge in [0.1, 0.15) is 11.9 Å². The Morgan fingerprint density at radius 2 is 1.85 bits per heavy atom. The molecule has 2 bridgehead atoms. The van der Waals surface area contributed by atoms with Crippen molar-refractivity contribution < 1.29 is 19.4 Å². The van der Waals surface area contributed by atoms with Crippen molar-refractivity contribution in [3.05, 3.63) is 0 Å². The van der Waals surface area contributed by atoms with Crippen LogP contribution in [0.4, 0.5) is 0 Å². The van der Waals surface area contributed by atoms with Crippen molar-refractivity contribution in [1.82, 2.24) is 0 Å². The van der Waals surface area contributed by atoms with Crippen molar-refractivity contribution in [2.75, 3.05) is 0 Å². The van der Waals surface area contributed by atoms with Gasteiger partial charge < -0.3 is 9.84 Å². The third-order valence-corrected chi connectivity index (χ3v) is 9.11. The van der Waals surface area contributed by atoms with E-state index < -0.39 is 6.10 Å². The summed E-state index contributed by atoms with van der Waals surface area (Å²) in [6.07, 6.45) is 4.77. The minimum Gasteiger partial charge on any atom is -0.462 e. The van der Waals surface area contributed by atoms with Gasteiger partial charge in [0.25, 0.3) is 0 Å². The number of esters is 1. The molecule has 26 heavy (non-hydrogen) atoms. The molecule has 146 valence electrons. The predicted octanol–water partition coefficient (Wildman–Crippen LogP) is 3.75. The van der Waals surface area contributed by atoms with Crippen LogP contribution in [0.3, 0.4) is 0 Å². The molecule has 4 aliphatic rings. The van der Waals surface area contributed by atoms with Gasteiger partial charge in [0.2, 0.25) is 0 Å². The van der Waals surface area contributed by atoms with E-state index in [0.29, 0.717) is 12.3 Å². The number of hydrogen-bond acceptors (Lipinski definition) is 4. The Labute approximate surface area is 157 Å². The number of ether oxygens (including phenoxy) is 1. The zero-order valence-corrected chi connectivity index (χ0v) is 16.9. The maximum Gasteiger partial charge on any atom is 0.302 e. The van der Waals surface area contributed by atoms with Gasteiger partial charge in [-0.2, -0.15) is 0 Å². The van der Waals surface area contributed by atoms with E-state index in [0.717, 1.165) is 32.1 Å². The Kier molecular flexibility index (Phi) is 3.95. The lowest BCUT2D eigenvalue weighted by Crippen LogP contribution is -2.65. The van der Waals surface area contributed by atoms with Gasteiger partial charge in [0.15, 0.2) is 0 Å². The van der Waals surface area contributed by atoms with E-state index in [2.05, 4.69) is 27.7 Å². The molecule has 0 aromatic rings. The summed E-state index contributed by atoms with van der Waals surface area (Å²) in [5, 5.41) is 11.2. The number of hydrogen-bond donors (Lipinski definition) is 1. The second-order valence-electron chi connectivity index (χ2n) is 10.7. The third kappa shape index (κ3) is 2.17. The fraction of sp³-hybridized carbons (Fsp3) is 0.909. The third-order valence-electron chi connectivity index (χ3n) is 9.11. The highest BCUT2D eigenvalue weighted by molar-refractivity contribution is 5.84. The summed E-state index contributed by atoms with van der Waals surface area (Å²) >= 11 is 0. The second kappa shape index (κ2) is 5.56. The number of aliphatic hydroxyl groups is 1. The van der Waals surface area contributed by atoms with Gasteiger partial charge in [-0.3, -0.25) is 9.59 Å². The molecular formula is C22H34O4. The van der Waals surface area contributed by atoms with E-state index in [1.807, 2.05) is 0 Å². The summed E-state index contributed by atoms with van der Waals surface area (Å²) in [5.41, 5.74) is -0.242. The lowest BCUT2D eigenvalue weighted by atomic mass is 9.40. The highest BCUT2D eigenvalue weighted by atomic mass is 16.5. The highest BCUT2D eigenvalue weighted by Gasteiger charge is 2.71. The van der Waals surface area contributed by atoms with Gasteiger partial charge >= 0.3 is 5.97 Å². The van der Waals surface area contributed by atoms with Gasteiger partial charge in [-0.05, 0) is 55.3 Å². The number of rotatable bonds is 1.